The minimum Gasteiger partial charge on any atom is -0.394 e. The summed E-state index contributed by atoms with van der Waals surface area (Å²) in [5.41, 5.74) is -1.69. The average molecular weight is 192 g/mol. The molecule has 0 aromatic heterocycles. The van der Waals surface area contributed by atoms with Gasteiger partial charge in [0.15, 0.2) is 5.67 Å². The number of alkyl halides is 1. The molecular formula is C9H17FO3. The highest BCUT2D eigenvalue weighted by atomic mass is 19.1. The van der Waals surface area contributed by atoms with Crippen LogP contribution in [0.15, 0.2) is 0 Å². The van der Waals surface area contributed by atoms with Crippen molar-refractivity contribution >= 4 is 0 Å². The fourth-order valence-corrected chi connectivity index (χ4v) is 1.65. The van der Waals surface area contributed by atoms with Crippen LogP contribution in [0.3, 0.4) is 0 Å². The summed E-state index contributed by atoms with van der Waals surface area (Å²) >= 11 is 0. The van der Waals surface area contributed by atoms with Crippen LogP contribution in [-0.4, -0.2) is 41.3 Å². The number of hydrogen-bond acceptors (Lipinski definition) is 3. The fourth-order valence-electron chi connectivity index (χ4n) is 1.65. The molecule has 4 atom stereocenters. The minimum absolute atomic E-state index is 0.117. The van der Waals surface area contributed by atoms with Gasteiger partial charge in [-0.25, -0.2) is 4.39 Å². The van der Waals surface area contributed by atoms with Gasteiger partial charge in [-0.2, -0.15) is 0 Å². The largest absolute Gasteiger partial charge is 0.394 e. The molecule has 0 aromatic rings. The molecule has 2 N–H and O–H groups in total. The molecule has 0 aromatic carbocycles. The third-order valence-electron chi connectivity index (χ3n) is 2.97. The second-order valence-electron chi connectivity index (χ2n) is 3.71. The summed E-state index contributed by atoms with van der Waals surface area (Å²) in [6.07, 6.45) is -1.32. The first-order chi connectivity index (χ1) is 6.06. The van der Waals surface area contributed by atoms with Gasteiger partial charge in [0.05, 0.1) is 13.2 Å². The molecule has 13 heavy (non-hydrogen) atoms. The van der Waals surface area contributed by atoms with E-state index in [1.54, 1.807) is 6.92 Å². The van der Waals surface area contributed by atoms with Gasteiger partial charge in [0, 0.05) is 0 Å². The zero-order valence-corrected chi connectivity index (χ0v) is 8.03. The van der Waals surface area contributed by atoms with Crippen molar-refractivity contribution in [3.8, 4) is 0 Å². The predicted molar refractivity (Wildman–Crippen MR) is 46.1 cm³/mol. The first-order valence-corrected chi connectivity index (χ1v) is 4.65. The molecule has 3 unspecified atom stereocenters. The standard InChI is InChI=1S/C9H17FO3/c1-3-6(2)9(10)5-13-7(4-11)8(9)12/h6-8,11-12H,3-5H2,1-2H3/t6?,7-,8?,9?/m1/s1. The topological polar surface area (TPSA) is 49.7 Å². The summed E-state index contributed by atoms with van der Waals surface area (Å²) in [5.74, 6) is -0.251. The smallest absolute Gasteiger partial charge is 0.164 e. The van der Waals surface area contributed by atoms with E-state index >= 15 is 0 Å². The highest BCUT2D eigenvalue weighted by Gasteiger charge is 2.52. The predicted octanol–water partition coefficient (Wildman–Crippen LogP) is 0.493. The van der Waals surface area contributed by atoms with Crippen molar-refractivity contribution in [1.29, 1.82) is 0 Å². The molecule has 1 fully saturated rings. The van der Waals surface area contributed by atoms with E-state index in [0.29, 0.717) is 6.42 Å². The summed E-state index contributed by atoms with van der Waals surface area (Å²) in [4.78, 5) is 0. The molecule has 1 aliphatic rings. The van der Waals surface area contributed by atoms with Gasteiger partial charge in [-0.1, -0.05) is 20.3 Å². The molecule has 78 valence electrons. The molecule has 0 bridgehead atoms. The Bertz CT molecular complexity index is 176. The first kappa shape index (κ1) is 10.9. The van der Waals surface area contributed by atoms with Crippen molar-refractivity contribution in [3.05, 3.63) is 0 Å². The molecule has 0 aliphatic carbocycles. The van der Waals surface area contributed by atoms with Crippen LogP contribution in [0.25, 0.3) is 0 Å². The Morgan fingerprint density at radius 2 is 2.31 bits per heavy atom. The van der Waals surface area contributed by atoms with Crippen molar-refractivity contribution in [3.63, 3.8) is 0 Å². The quantitative estimate of drug-likeness (QED) is 0.684. The number of ether oxygens (including phenoxy) is 1. The SMILES string of the molecule is CCC(C)C1(F)CO[C@H](CO)C1O. The molecule has 1 saturated heterocycles. The van der Waals surface area contributed by atoms with Gasteiger partial charge in [-0.15, -0.1) is 0 Å². The van der Waals surface area contributed by atoms with Crippen LogP contribution in [-0.2, 0) is 4.74 Å². The highest BCUT2D eigenvalue weighted by Crippen LogP contribution is 2.36. The van der Waals surface area contributed by atoms with Gasteiger partial charge in [-0.05, 0) is 5.92 Å². The molecule has 0 radical (unpaired) electrons. The minimum atomic E-state index is -1.69. The van der Waals surface area contributed by atoms with Gasteiger partial charge in [0.25, 0.3) is 0 Å². The lowest BCUT2D eigenvalue weighted by Crippen LogP contribution is -2.45. The van der Waals surface area contributed by atoms with E-state index in [9.17, 15) is 9.50 Å². The van der Waals surface area contributed by atoms with E-state index in [1.165, 1.54) is 0 Å². The summed E-state index contributed by atoms with van der Waals surface area (Å²) in [6.45, 7) is 3.16. The fraction of sp³-hybridized carbons (Fsp3) is 1.00. The zero-order chi connectivity index (χ0) is 10.1. The van der Waals surface area contributed by atoms with E-state index in [0.717, 1.165) is 0 Å². The number of aliphatic hydroxyl groups is 2. The van der Waals surface area contributed by atoms with Crippen LogP contribution in [0.5, 0.6) is 0 Å². The molecule has 1 heterocycles. The van der Waals surface area contributed by atoms with Crippen molar-refractivity contribution in [1.82, 2.24) is 0 Å². The second kappa shape index (κ2) is 3.90. The van der Waals surface area contributed by atoms with Crippen LogP contribution in [0.2, 0.25) is 0 Å². The maximum absolute atomic E-state index is 14.1. The molecule has 0 saturated carbocycles. The van der Waals surface area contributed by atoms with Crippen LogP contribution >= 0.6 is 0 Å². The Hall–Kier alpha value is -0.190. The van der Waals surface area contributed by atoms with Gasteiger partial charge >= 0.3 is 0 Å². The number of halogens is 1. The second-order valence-corrected chi connectivity index (χ2v) is 3.71. The van der Waals surface area contributed by atoms with E-state index in [2.05, 4.69) is 0 Å². The maximum Gasteiger partial charge on any atom is 0.164 e. The molecule has 1 aliphatic heterocycles. The molecular weight excluding hydrogens is 175 g/mol. The van der Waals surface area contributed by atoms with Crippen molar-refractivity contribution in [2.45, 2.75) is 38.1 Å². The molecule has 1 rings (SSSR count). The lowest BCUT2D eigenvalue weighted by Gasteiger charge is -2.28. The lowest BCUT2D eigenvalue weighted by molar-refractivity contribution is -0.0331. The number of hydrogen-bond donors (Lipinski definition) is 2. The Kier molecular flexibility index (Phi) is 3.27. The molecule has 0 amide bonds. The monoisotopic (exact) mass is 192 g/mol. The maximum atomic E-state index is 14.1. The van der Waals surface area contributed by atoms with Crippen LogP contribution in [0.4, 0.5) is 4.39 Å². The van der Waals surface area contributed by atoms with Crippen molar-refractivity contribution in [2.24, 2.45) is 5.92 Å². The Morgan fingerprint density at radius 1 is 1.69 bits per heavy atom. The van der Waals surface area contributed by atoms with Crippen molar-refractivity contribution in [2.75, 3.05) is 13.2 Å². The molecule has 4 heteroatoms. The van der Waals surface area contributed by atoms with Gasteiger partial charge < -0.3 is 14.9 Å². The molecule has 0 spiro atoms. The average Bonchev–Trinajstić information content (AvgIpc) is 2.43. The number of rotatable bonds is 3. The summed E-state index contributed by atoms with van der Waals surface area (Å²) in [7, 11) is 0. The van der Waals surface area contributed by atoms with E-state index < -0.39 is 17.9 Å². The van der Waals surface area contributed by atoms with Gasteiger partial charge in [0.1, 0.15) is 12.2 Å². The summed E-state index contributed by atoms with van der Waals surface area (Å²) in [5, 5.41) is 18.3. The van der Waals surface area contributed by atoms with Crippen LogP contribution in [0.1, 0.15) is 20.3 Å². The Balaban J connectivity index is 2.70. The highest BCUT2D eigenvalue weighted by molar-refractivity contribution is 4.99. The third kappa shape index (κ3) is 1.71. The van der Waals surface area contributed by atoms with Gasteiger partial charge in [0.2, 0.25) is 0 Å². The number of aliphatic hydroxyl groups excluding tert-OH is 2. The van der Waals surface area contributed by atoms with E-state index in [4.69, 9.17) is 9.84 Å². The van der Waals surface area contributed by atoms with Crippen LogP contribution < -0.4 is 0 Å². The van der Waals surface area contributed by atoms with Crippen LogP contribution in [0, 0.1) is 5.92 Å². The Labute approximate surface area is 77.5 Å². The molecule has 3 nitrogen and oxygen atoms in total. The summed E-state index contributed by atoms with van der Waals surface area (Å²) < 4.78 is 19.0. The Morgan fingerprint density at radius 3 is 2.69 bits per heavy atom. The summed E-state index contributed by atoms with van der Waals surface area (Å²) in [6, 6.07) is 0. The van der Waals surface area contributed by atoms with E-state index in [1.807, 2.05) is 6.92 Å². The zero-order valence-electron chi connectivity index (χ0n) is 8.03. The normalized spacial score (nSPS) is 42.2. The van der Waals surface area contributed by atoms with Gasteiger partial charge in [-0.3, -0.25) is 0 Å². The lowest BCUT2D eigenvalue weighted by atomic mass is 9.84. The third-order valence-corrected chi connectivity index (χ3v) is 2.97. The first-order valence-electron chi connectivity index (χ1n) is 4.65. The van der Waals surface area contributed by atoms with E-state index in [-0.39, 0.29) is 19.1 Å². The van der Waals surface area contributed by atoms with Crippen molar-refractivity contribution < 1.29 is 19.3 Å².